The van der Waals surface area contributed by atoms with Crippen LogP contribution in [0.2, 0.25) is 0 Å². The zero-order valence-corrected chi connectivity index (χ0v) is 11.0. The molecule has 0 bridgehead atoms. The van der Waals surface area contributed by atoms with E-state index in [1.165, 1.54) is 32.1 Å². The van der Waals surface area contributed by atoms with Crippen LogP contribution >= 0.6 is 0 Å². The molecule has 4 nitrogen and oxygen atoms in total. The van der Waals surface area contributed by atoms with Crippen LogP contribution in [0.3, 0.4) is 0 Å². The SMILES string of the molecule is CN(CC1CCCCO1)c1ccnc(C2CC2)n1. The largest absolute Gasteiger partial charge is 0.376 e. The van der Waals surface area contributed by atoms with E-state index in [-0.39, 0.29) is 0 Å². The van der Waals surface area contributed by atoms with Crippen molar-refractivity contribution in [1.29, 1.82) is 0 Å². The van der Waals surface area contributed by atoms with Crippen LogP contribution in [0.1, 0.15) is 43.8 Å². The topological polar surface area (TPSA) is 38.2 Å². The smallest absolute Gasteiger partial charge is 0.133 e. The lowest BCUT2D eigenvalue weighted by Crippen LogP contribution is -2.33. The van der Waals surface area contributed by atoms with Crippen molar-refractivity contribution in [2.75, 3.05) is 25.1 Å². The number of rotatable bonds is 4. The molecule has 1 saturated carbocycles. The van der Waals surface area contributed by atoms with Crippen molar-refractivity contribution in [3.05, 3.63) is 18.1 Å². The highest BCUT2D eigenvalue weighted by Gasteiger charge is 2.27. The van der Waals surface area contributed by atoms with E-state index in [2.05, 4.69) is 21.9 Å². The fraction of sp³-hybridized carbons (Fsp3) is 0.714. The molecule has 1 aromatic rings. The van der Waals surface area contributed by atoms with Crippen LogP contribution < -0.4 is 4.90 Å². The third-order valence-corrected chi connectivity index (χ3v) is 3.74. The van der Waals surface area contributed by atoms with Crippen molar-refractivity contribution in [2.24, 2.45) is 0 Å². The van der Waals surface area contributed by atoms with Gasteiger partial charge in [-0.2, -0.15) is 0 Å². The van der Waals surface area contributed by atoms with Crippen LogP contribution in [0.4, 0.5) is 5.82 Å². The zero-order chi connectivity index (χ0) is 12.4. The van der Waals surface area contributed by atoms with Gasteiger partial charge in [-0.25, -0.2) is 9.97 Å². The third kappa shape index (κ3) is 2.80. The summed E-state index contributed by atoms with van der Waals surface area (Å²) in [5.41, 5.74) is 0. The van der Waals surface area contributed by atoms with Gasteiger partial charge in [-0.15, -0.1) is 0 Å². The minimum Gasteiger partial charge on any atom is -0.376 e. The van der Waals surface area contributed by atoms with Crippen molar-refractivity contribution < 1.29 is 4.74 Å². The van der Waals surface area contributed by atoms with Gasteiger partial charge in [0.05, 0.1) is 6.10 Å². The molecule has 3 rings (SSSR count). The van der Waals surface area contributed by atoms with E-state index >= 15 is 0 Å². The van der Waals surface area contributed by atoms with Crippen molar-refractivity contribution in [3.8, 4) is 0 Å². The van der Waals surface area contributed by atoms with Gasteiger partial charge in [0.1, 0.15) is 11.6 Å². The third-order valence-electron chi connectivity index (χ3n) is 3.74. The van der Waals surface area contributed by atoms with Crippen LogP contribution in [-0.4, -0.2) is 36.3 Å². The van der Waals surface area contributed by atoms with Gasteiger partial charge in [0.2, 0.25) is 0 Å². The normalized spacial score (nSPS) is 23.9. The average Bonchev–Trinajstić information content (AvgIpc) is 3.24. The monoisotopic (exact) mass is 247 g/mol. The van der Waals surface area contributed by atoms with Crippen molar-refractivity contribution >= 4 is 5.82 Å². The van der Waals surface area contributed by atoms with Gasteiger partial charge >= 0.3 is 0 Å². The van der Waals surface area contributed by atoms with Gasteiger partial charge in [0.25, 0.3) is 0 Å². The summed E-state index contributed by atoms with van der Waals surface area (Å²) in [5, 5.41) is 0. The molecule has 98 valence electrons. The highest BCUT2D eigenvalue weighted by Crippen LogP contribution is 2.38. The van der Waals surface area contributed by atoms with Crippen LogP contribution in [0.5, 0.6) is 0 Å². The highest BCUT2D eigenvalue weighted by atomic mass is 16.5. The Morgan fingerprint density at radius 3 is 2.94 bits per heavy atom. The second-order valence-electron chi connectivity index (χ2n) is 5.42. The van der Waals surface area contributed by atoms with Gasteiger partial charge < -0.3 is 9.64 Å². The van der Waals surface area contributed by atoms with Crippen molar-refractivity contribution in [3.63, 3.8) is 0 Å². The molecule has 0 radical (unpaired) electrons. The Kier molecular flexibility index (Phi) is 3.46. The van der Waals surface area contributed by atoms with Gasteiger partial charge in [-0.05, 0) is 38.2 Å². The summed E-state index contributed by atoms with van der Waals surface area (Å²) in [6.45, 7) is 1.84. The van der Waals surface area contributed by atoms with E-state index in [0.29, 0.717) is 12.0 Å². The Balaban J connectivity index is 1.63. The number of anilines is 1. The number of nitrogens with zero attached hydrogens (tertiary/aromatic N) is 3. The molecule has 0 N–H and O–H groups in total. The predicted molar refractivity (Wildman–Crippen MR) is 70.9 cm³/mol. The molecule has 1 aliphatic carbocycles. The summed E-state index contributed by atoms with van der Waals surface area (Å²) in [7, 11) is 2.09. The predicted octanol–water partition coefficient (Wildman–Crippen LogP) is 2.36. The standard InChI is InChI=1S/C14H21N3O/c1-17(10-12-4-2-3-9-18-12)13-7-8-15-14(16-13)11-5-6-11/h7-8,11-12H,2-6,9-10H2,1H3. The molecule has 1 atom stereocenters. The summed E-state index contributed by atoms with van der Waals surface area (Å²) in [6, 6.07) is 1.99. The first-order chi connectivity index (χ1) is 8.83. The quantitative estimate of drug-likeness (QED) is 0.818. The molecule has 0 spiro atoms. The van der Waals surface area contributed by atoms with Gasteiger partial charge in [-0.3, -0.25) is 0 Å². The van der Waals surface area contributed by atoms with Crippen molar-refractivity contribution in [2.45, 2.75) is 44.1 Å². The molecule has 1 aliphatic heterocycles. The Labute approximate surface area is 108 Å². The molecule has 2 heterocycles. The molecule has 1 unspecified atom stereocenters. The fourth-order valence-electron chi connectivity index (χ4n) is 2.47. The summed E-state index contributed by atoms with van der Waals surface area (Å²) in [4.78, 5) is 11.2. The first-order valence-electron chi connectivity index (χ1n) is 6.98. The first-order valence-corrected chi connectivity index (χ1v) is 6.98. The molecular formula is C14H21N3O. The van der Waals surface area contributed by atoms with E-state index in [0.717, 1.165) is 24.8 Å². The molecule has 18 heavy (non-hydrogen) atoms. The second-order valence-corrected chi connectivity index (χ2v) is 5.42. The first kappa shape index (κ1) is 11.9. The molecule has 2 aliphatic rings. The molecule has 4 heteroatoms. The van der Waals surface area contributed by atoms with Crippen molar-refractivity contribution in [1.82, 2.24) is 9.97 Å². The molecule has 1 aromatic heterocycles. The summed E-state index contributed by atoms with van der Waals surface area (Å²) < 4.78 is 5.78. The lowest BCUT2D eigenvalue weighted by Gasteiger charge is -2.28. The number of hydrogen-bond donors (Lipinski definition) is 0. The maximum absolute atomic E-state index is 5.78. The maximum atomic E-state index is 5.78. The number of aromatic nitrogens is 2. The lowest BCUT2D eigenvalue weighted by atomic mass is 10.1. The van der Waals surface area contributed by atoms with E-state index < -0.39 is 0 Å². The summed E-state index contributed by atoms with van der Waals surface area (Å²) >= 11 is 0. The highest BCUT2D eigenvalue weighted by molar-refractivity contribution is 5.37. The van der Waals surface area contributed by atoms with Crippen LogP contribution in [0, 0.1) is 0 Å². The molecule has 2 fully saturated rings. The number of likely N-dealkylation sites (N-methyl/N-ethyl adjacent to an activating group) is 1. The zero-order valence-electron chi connectivity index (χ0n) is 11.0. The Hall–Kier alpha value is -1.16. The Morgan fingerprint density at radius 2 is 2.22 bits per heavy atom. The maximum Gasteiger partial charge on any atom is 0.133 e. The molecule has 0 aromatic carbocycles. The van der Waals surface area contributed by atoms with Crippen LogP contribution in [0.25, 0.3) is 0 Å². The minimum absolute atomic E-state index is 0.364. The molecular weight excluding hydrogens is 226 g/mol. The lowest BCUT2D eigenvalue weighted by molar-refractivity contribution is 0.0215. The summed E-state index contributed by atoms with van der Waals surface area (Å²) in [5.74, 6) is 2.66. The fourth-order valence-corrected chi connectivity index (χ4v) is 2.47. The minimum atomic E-state index is 0.364. The average molecular weight is 247 g/mol. The van der Waals surface area contributed by atoms with E-state index in [1.54, 1.807) is 0 Å². The number of hydrogen-bond acceptors (Lipinski definition) is 4. The number of ether oxygens (including phenoxy) is 1. The molecule has 0 amide bonds. The van der Waals surface area contributed by atoms with E-state index in [4.69, 9.17) is 4.74 Å². The van der Waals surface area contributed by atoms with Crippen LogP contribution in [0.15, 0.2) is 12.3 Å². The second kappa shape index (κ2) is 5.22. The van der Waals surface area contributed by atoms with E-state index in [1.807, 2.05) is 12.3 Å². The Bertz CT molecular complexity index is 400. The van der Waals surface area contributed by atoms with E-state index in [9.17, 15) is 0 Å². The van der Waals surface area contributed by atoms with Crippen LogP contribution in [-0.2, 0) is 4.74 Å². The Morgan fingerprint density at radius 1 is 1.33 bits per heavy atom. The van der Waals surface area contributed by atoms with Gasteiger partial charge in [0, 0.05) is 32.3 Å². The summed E-state index contributed by atoms with van der Waals surface area (Å²) in [6.07, 6.45) is 8.41. The molecule has 1 saturated heterocycles. The van der Waals surface area contributed by atoms with Gasteiger partial charge in [-0.1, -0.05) is 0 Å². The van der Waals surface area contributed by atoms with Gasteiger partial charge in [0.15, 0.2) is 0 Å².